The summed E-state index contributed by atoms with van der Waals surface area (Å²) in [6, 6.07) is -0.324. The molecule has 0 saturated carbocycles. The molecule has 0 aliphatic carbocycles. The fraction of sp³-hybridized carbons (Fsp3) is 0.667. The molecular weight excluding hydrogens is 254 g/mol. The fourth-order valence-electron chi connectivity index (χ4n) is 1.55. The van der Waals surface area contributed by atoms with Crippen LogP contribution in [-0.2, 0) is 11.3 Å². The number of carbonyl (C=O) groups excluding carboxylic acids is 1. The van der Waals surface area contributed by atoms with E-state index in [4.69, 9.17) is 0 Å². The van der Waals surface area contributed by atoms with Gasteiger partial charge in [0.15, 0.2) is 0 Å². The third-order valence-corrected chi connectivity index (χ3v) is 2.83. The van der Waals surface area contributed by atoms with Crippen LogP contribution in [0.1, 0.15) is 20.8 Å². The molecule has 0 radical (unpaired) electrons. The van der Waals surface area contributed by atoms with Crippen LogP contribution in [-0.4, -0.2) is 46.1 Å². The molecule has 0 unspecified atom stereocenters. The maximum Gasteiger partial charge on any atom is 0.257 e. The van der Waals surface area contributed by atoms with Crippen molar-refractivity contribution in [2.75, 3.05) is 12.4 Å². The maximum atomic E-state index is 12.2. The average molecular weight is 274 g/mol. The van der Waals surface area contributed by atoms with E-state index in [2.05, 4.69) is 10.4 Å². The van der Waals surface area contributed by atoms with Crippen molar-refractivity contribution in [3.05, 3.63) is 12.4 Å². The predicted octanol–water partition coefficient (Wildman–Crippen LogP) is 1.82. The topological polar surface area (TPSA) is 50.2 Å². The highest BCUT2D eigenvalue weighted by atomic mass is 19.3. The van der Waals surface area contributed by atoms with Gasteiger partial charge in [-0.2, -0.15) is 5.10 Å². The van der Waals surface area contributed by atoms with Crippen LogP contribution in [0.4, 0.5) is 14.5 Å². The summed E-state index contributed by atoms with van der Waals surface area (Å²) in [5, 5.41) is 6.75. The van der Waals surface area contributed by atoms with Gasteiger partial charge in [0.2, 0.25) is 5.91 Å². The van der Waals surface area contributed by atoms with Crippen LogP contribution in [0.2, 0.25) is 0 Å². The molecular formula is C12H20F2N4O. The molecule has 1 atom stereocenters. The normalized spacial score (nSPS) is 12.8. The number of halogens is 2. The van der Waals surface area contributed by atoms with Crippen molar-refractivity contribution in [3.63, 3.8) is 0 Å². The molecule has 0 fully saturated rings. The lowest BCUT2D eigenvalue weighted by Gasteiger charge is -2.25. The Morgan fingerprint density at radius 3 is 2.63 bits per heavy atom. The molecule has 0 saturated heterocycles. The minimum atomic E-state index is -2.45. The molecule has 0 aliphatic heterocycles. The maximum absolute atomic E-state index is 12.2. The first-order valence-corrected chi connectivity index (χ1v) is 6.15. The number of nitrogens with zero attached hydrogens (tertiary/aromatic N) is 3. The van der Waals surface area contributed by atoms with E-state index in [1.54, 1.807) is 18.9 Å². The summed E-state index contributed by atoms with van der Waals surface area (Å²) < 4.78 is 25.5. The largest absolute Gasteiger partial charge is 0.371 e. The van der Waals surface area contributed by atoms with Crippen LogP contribution in [0, 0.1) is 0 Å². The number of alkyl halides is 2. The quantitative estimate of drug-likeness (QED) is 0.860. The molecule has 1 N–H and O–H groups in total. The van der Waals surface area contributed by atoms with Gasteiger partial charge in [-0.15, -0.1) is 0 Å². The summed E-state index contributed by atoms with van der Waals surface area (Å²) >= 11 is 0. The summed E-state index contributed by atoms with van der Waals surface area (Å²) in [7, 11) is 1.73. The Labute approximate surface area is 111 Å². The first-order valence-electron chi connectivity index (χ1n) is 6.15. The minimum Gasteiger partial charge on any atom is -0.371 e. The Kier molecular flexibility index (Phi) is 5.26. The number of likely N-dealkylation sites (N-methyl/N-ethyl adjacent to an activating group) is 1. The van der Waals surface area contributed by atoms with Crippen LogP contribution in [0.25, 0.3) is 0 Å². The number of hydrogen-bond acceptors (Lipinski definition) is 3. The van der Waals surface area contributed by atoms with Crippen LogP contribution >= 0.6 is 0 Å². The summed E-state index contributed by atoms with van der Waals surface area (Å²) in [4.78, 5) is 13.6. The van der Waals surface area contributed by atoms with E-state index >= 15 is 0 Å². The molecule has 0 bridgehead atoms. The van der Waals surface area contributed by atoms with Crippen molar-refractivity contribution in [1.29, 1.82) is 0 Å². The SMILES string of the molecule is CC(C)N(C)C(=O)[C@@H](C)Nc1cnn(CC(F)F)c1. The van der Waals surface area contributed by atoms with Gasteiger partial charge in [-0.05, 0) is 20.8 Å². The lowest BCUT2D eigenvalue weighted by molar-refractivity contribution is -0.131. The summed E-state index contributed by atoms with van der Waals surface area (Å²) in [5.74, 6) is -0.0587. The minimum absolute atomic E-state index is 0.0587. The van der Waals surface area contributed by atoms with E-state index in [9.17, 15) is 13.6 Å². The van der Waals surface area contributed by atoms with E-state index in [1.807, 2.05) is 13.8 Å². The van der Waals surface area contributed by atoms with Gasteiger partial charge >= 0.3 is 0 Å². The van der Waals surface area contributed by atoms with E-state index in [-0.39, 0.29) is 11.9 Å². The molecule has 5 nitrogen and oxygen atoms in total. The van der Waals surface area contributed by atoms with Crippen LogP contribution in [0.5, 0.6) is 0 Å². The molecule has 19 heavy (non-hydrogen) atoms. The lowest BCUT2D eigenvalue weighted by Crippen LogP contribution is -2.42. The van der Waals surface area contributed by atoms with Gasteiger partial charge in [-0.3, -0.25) is 9.48 Å². The van der Waals surface area contributed by atoms with Gasteiger partial charge in [0.1, 0.15) is 12.6 Å². The Morgan fingerprint density at radius 1 is 1.47 bits per heavy atom. The molecule has 1 rings (SSSR count). The van der Waals surface area contributed by atoms with E-state index in [0.717, 1.165) is 4.68 Å². The van der Waals surface area contributed by atoms with Crippen molar-refractivity contribution in [2.24, 2.45) is 0 Å². The molecule has 7 heteroatoms. The van der Waals surface area contributed by atoms with Crippen LogP contribution < -0.4 is 5.32 Å². The van der Waals surface area contributed by atoms with Gasteiger partial charge in [-0.1, -0.05) is 0 Å². The fourth-order valence-corrected chi connectivity index (χ4v) is 1.55. The van der Waals surface area contributed by atoms with Crippen molar-refractivity contribution >= 4 is 11.6 Å². The van der Waals surface area contributed by atoms with Crippen LogP contribution in [0.3, 0.4) is 0 Å². The van der Waals surface area contributed by atoms with Gasteiger partial charge in [0.25, 0.3) is 6.43 Å². The van der Waals surface area contributed by atoms with Crippen molar-refractivity contribution in [2.45, 2.75) is 45.8 Å². The third-order valence-electron chi connectivity index (χ3n) is 2.83. The molecule has 1 aromatic rings. The highest BCUT2D eigenvalue weighted by molar-refractivity contribution is 5.84. The monoisotopic (exact) mass is 274 g/mol. The summed E-state index contributed by atoms with van der Waals surface area (Å²) in [5.41, 5.74) is 0.554. The van der Waals surface area contributed by atoms with Crippen molar-refractivity contribution in [1.82, 2.24) is 14.7 Å². The van der Waals surface area contributed by atoms with Crippen LogP contribution in [0.15, 0.2) is 12.4 Å². The lowest BCUT2D eigenvalue weighted by atomic mass is 10.2. The molecule has 1 amide bonds. The van der Waals surface area contributed by atoms with Gasteiger partial charge in [-0.25, -0.2) is 8.78 Å². The smallest absolute Gasteiger partial charge is 0.257 e. The van der Waals surface area contributed by atoms with E-state index in [1.165, 1.54) is 12.4 Å². The summed E-state index contributed by atoms with van der Waals surface area (Å²) in [6.45, 7) is 5.12. The Bertz CT molecular complexity index is 420. The van der Waals surface area contributed by atoms with E-state index < -0.39 is 19.0 Å². The standard InChI is InChI=1S/C12H20F2N4O/c1-8(2)17(4)12(19)9(3)16-10-5-15-18(6-10)7-11(13)14/h5-6,8-9,11,16H,7H2,1-4H3/t9-/m1/s1. The summed E-state index contributed by atoms with van der Waals surface area (Å²) in [6.07, 6.45) is 0.450. The number of nitrogens with one attached hydrogen (secondary N) is 1. The molecule has 108 valence electrons. The van der Waals surface area contributed by atoms with E-state index in [0.29, 0.717) is 5.69 Å². The second-order valence-corrected chi connectivity index (χ2v) is 4.75. The number of rotatable bonds is 6. The zero-order chi connectivity index (χ0) is 14.6. The molecule has 0 aliphatic rings. The number of carbonyl (C=O) groups is 1. The number of hydrogen-bond donors (Lipinski definition) is 1. The molecule has 1 heterocycles. The second kappa shape index (κ2) is 6.49. The number of anilines is 1. The highest BCUT2D eigenvalue weighted by Crippen LogP contribution is 2.10. The first kappa shape index (κ1) is 15.4. The second-order valence-electron chi connectivity index (χ2n) is 4.75. The zero-order valence-electron chi connectivity index (χ0n) is 11.6. The predicted molar refractivity (Wildman–Crippen MR) is 69.2 cm³/mol. The molecule has 1 aromatic heterocycles. The Hall–Kier alpha value is -1.66. The van der Waals surface area contributed by atoms with Crippen molar-refractivity contribution in [3.8, 4) is 0 Å². The van der Waals surface area contributed by atoms with Crippen molar-refractivity contribution < 1.29 is 13.6 Å². The number of aromatic nitrogens is 2. The Balaban J connectivity index is 2.59. The van der Waals surface area contributed by atoms with Gasteiger partial charge in [0, 0.05) is 19.3 Å². The zero-order valence-corrected chi connectivity index (χ0v) is 11.6. The van der Waals surface area contributed by atoms with Gasteiger partial charge < -0.3 is 10.2 Å². The average Bonchev–Trinajstić information content (AvgIpc) is 2.73. The first-order chi connectivity index (χ1) is 8.81. The molecule has 0 aromatic carbocycles. The highest BCUT2D eigenvalue weighted by Gasteiger charge is 2.19. The number of amides is 1. The van der Waals surface area contributed by atoms with Gasteiger partial charge in [0.05, 0.1) is 11.9 Å². The molecule has 0 spiro atoms. The third kappa shape index (κ3) is 4.50. The Morgan fingerprint density at radius 2 is 2.11 bits per heavy atom.